The van der Waals surface area contributed by atoms with Crippen LogP contribution >= 0.6 is 0 Å². The van der Waals surface area contributed by atoms with Crippen LogP contribution in [0.2, 0.25) is 0 Å². The molecule has 3 N–H and O–H groups in total. The smallest absolute Gasteiger partial charge is 0.329 e. The molecule has 0 aromatic carbocycles. The molecule has 0 bridgehead atoms. The van der Waals surface area contributed by atoms with E-state index < -0.39 is 16.9 Å². The van der Waals surface area contributed by atoms with Crippen LogP contribution in [0.3, 0.4) is 0 Å². The van der Waals surface area contributed by atoms with Crippen molar-refractivity contribution in [2.75, 3.05) is 13.1 Å². The minimum Gasteiger partial charge on any atom is -0.480 e. The SMILES string of the molecule is CC1CCCC(NC(=O)C2(C(C)C)CCNC2)(C(=O)O)C1. The molecule has 0 aromatic heterocycles. The van der Waals surface area contributed by atoms with E-state index in [2.05, 4.69) is 17.6 Å². The molecule has 2 aliphatic rings. The van der Waals surface area contributed by atoms with Crippen molar-refractivity contribution < 1.29 is 14.7 Å². The van der Waals surface area contributed by atoms with Crippen molar-refractivity contribution in [2.45, 2.75) is 58.4 Å². The monoisotopic (exact) mass is 296 g/mol. The lowest BCUT2D eigenvalue weighted by Gasteiger charge is -2.41. The first-order valence-electron chi connectivity index (χ1n) is 8.09. The number of nitrogens with one attached hydrogen (secondary N) is 2. The molecule has 1 aliphatic carbocycles. The molecule has 5 nitrogen and oxygen atoms in total. The van der Waals surface area contributed by atoms with Gasteiger partial charge in [-0.15, -0.1) is 0 Å². The van der Waals surface area contributed by atoms with Crippen LogP contribution in [0.25, 0.3) is 0 Å². The third kappa shape index (κ3) is 2.93. The second kappa shape index (κ2) is 5.95. The number of carbonyl (C=O) groups excluding carboxylic acids is 1. The van der Waals surface area contributed by atoms with Crippen molar-refractivity contribution in [1.82, 2.24) is 10.6 Å². The van der Waals surface area contributed by atoms with E-state index >= 15 is 0 Å². The van der Waals surface area contributed by atoms with Crippen molar-refractivity contribution in [3.05, 3.63) is 0 Å². The Hall–Kier alpha value is -1.10. The molecular weight excluding hydrogens is 268 g/mol. The number of amides is 1. The van der Waals surface area contributed by atoms with Gasteiger partial charge < -0.3 is 15.7 Å². The topological polar surface area (TPSA) is 78.4 Å². The highest BCUT2D eigenvalue weighted by molar-refractivity contribution is 5.90. The van der Waals surface area contributed by atoms with Crippen molar-refractivity contribution >= 4 is 11.9 Å². The number of hydrogen-bond acceptors (Lipinski definition) is 3. The minimum atomic E-state index is -1.07. The van der Waals surface area contributed by atoms with Crippen LogP contribution in [-0.4, -0.2) is 35.6 Å². The van der Waals surface area contributed by atoms with Gasteiger partial charge in [-0.1, -0.05) is 33.6 Å². The van der Waals surface area contributed by atoms with Crippen molar-refractivity contribution in [3.8, 4) is 0 Å². The molecule has 0 radical (unpaired) electrons. The summed E-state index contributed by atoms with van der Waals surface area (Å²) in [4.78, 5) is 24.7. The normalized spacial score (nSPS) is 36.7. The third-order valence-corrected chi connectivity index (χ3v) is 5.51. The fraction of sp³-hybridized carbons (Fsp3) is 0.875. The molecule has 2 fully saturated rings. The Morgan fingerprint density at radius 3 is 2.52 bits per heavy atom. The highest BCUT2D eigenvalue weighted by atomic mass is 16.4. The summed E-state index contributed by atoms with van der Waals surface area (Å²) in [5.74, 6) is -0.433. The average molecular weight is 296 g/mol. The Bertz CT molecular complexity index is 416. The van der Waals surface area contributed by atoms with E-state index in [0.717, 1.165) is 25.8 Å². The van der Waals surface area contributed by atoms with E-state index in [9.17, 15) is 14.7 Å². The quantitative estimate of drug-likeness (QED) is 0.739. The van der Waals surface area contributed by atoms with Crippen molar-refractivity contribution in [2.24, 2.45) is 17.3 Å². The first-order valence-corrected chi connectivity index (χ1v) is 8.09. The van der Waals surface area contributed by atoms with Gasteiger partial charge in [-0.05, 0) is 37.6 Å². The van der Waals surface area contributed by atoms with E-state index in [4.69, 9.17) is 0 Å². The van der Waals surface area contributed by atoms with Crippen molar-refractivity contribution in [3.63, 3.8) is 0 Å². The van der Waals surface area contributed by atoms with E-state index in [1.807, 2.05) is 13.8 Å². The van der Waals surface area contributed by atoms with Gasteiger partial charge in [0.05, 0.1) is 5.41 Å². The zero-order valence-electron chi connectivity index (χ0n) is 13.4. The van der Waals surface area contributed by atoms with E-state index in [-0.39, 0.29) is 11.8 Å². The van der Waals surface area contributed by atoms with Gasteiger partial charge >= 0.3 is 5.97 Å². The second-order valence-electron chi connectivity index (χ2n) is 7.28. The molecular formula is C16H28N2O3. The molecule has 5 heteroatoms. The molecule has 1 saturated carbocycles. The van der Waals surface area contributed by atoms with Gasteiger partial charge in [0.25, 0.3) is 0 Å². The Kier molecular flexibility index (Phi) is 4.61. The molecule has 1 amide bonds. The van der Waals surface area contributed by atoms with E-state index in [1.165, 1.54) is 0 Å². The van der Waals surface area contributed by atoms with Crippen LogP contribution in [0.1, 0.15) is 52.9 Å². The first-order chi connectivity index (χ1) is 9.82. The van der Waals surface area contributed by atoms with E-state index in [1.54, 1.807) is 0 Å². The third-order valence-electron chi connectivity index (χ3n) is 5.51. The Labute approximate surface area is 126 Å². The summed E-state index contributed by atoms with van der Waals surface area (Å²) in [6.45, 7) is 7.62. The van der Waals surface area contributed by atoms with Crippen LogP contribution in [0.4, 0.5) is 0 Å². The van der Waals surface area contributed by atoms with Crippen molar-refractivity contribution in [1.29, 1.82) is 0 Å². The van der Waals surface area contributed by atoms with Crippen LogP contribution in [0.5, 0.6) is 0 Å². The van der Waals surface area contributed by atoms with Crippen LogP contribution < -0.4 is 10.6 Å². The summed E-state index contributed by atoms with van der Waals surface area (Å²) in [6, 6.07) is 0. The van der Waals surface area contributed by atoms with Gasteiger partial charge in [-0.25, -0.2) is 4.79 Å². The Morgan fingerprint density at radius 2 is 2.05 bits per heavy atom. The summed E-state index contributed by atoms with van der Waals surface area (Å²) in [6.07, 6.45) is 3.76. The lowest BCUT2D eigenvalue weighted by molar-refractivity contribution is -0.152. The van der Waals surface area contributed by atoms with Gasteiger partial charge in [-0.2, -0.15) is 0 Å². The van der Waals surface area contributed by atoms with Gasteiger partial charge in [0.2, 0.25) is 5.91 Å². The molecule has 120 valence electrons. The van der Waals surface area contributed by atoms with Crippen LogP contribution in [0.15, 0.2) is 0 Å². The minimum absolute atomic E-state index is 0.0843. The second-order valence-corrected chi connectivity index (χ2v) is 7.28. The average Bonchev–Trinajstić information content (AvgIpc) is 2.89. The number of hydrogen-bond donors (Lipinski definition) is 3. The van der Waals surface area contributed by atoms with Gasteiger partial charge in [-0.3, -0.25) is 4.79 Å². The predicted molar refractivity (Wildman–Crippen MR) is 80.9 cm³/mol. The fourth-order valence-corrected chi connectivity index (χ4v) is 3.91. The maximum Gasteiger partial charge on any atom is 0.329 e. The number of rotatable bonds is 4. The van der Waals surface area contributed by atoms with E-state index in [0.29, 0.717) is 25.3 Å². The number of carboxylic acid groups (broad SMARTS) is 1. The number of carboxylic acids is 1. The predicted octanol–water partition coefficient (Wildman–Crippen LogP) is 1.77. The fourth-order valence-electron chi connectivity index (χ4n) is 3.91. The maximum absolute atomic E-state index is 12.9. The lowest BCUT2D eigenvalue weighted by Crippen LogP contribution is -2.61. The van der Waals surface area contributed by atoms with Gasteiger partial charge in [0.15, 0.2) is 0 Å². The summed E-state index contributed by atoms with van der Waals surface area (Å²) < 4.78 is 0. The Balaban J connectivity index is 2.20. The molecule has 1 aliphatic heterocycles. The standard InChI is InChI=1S/C16H28N2O3/c1-11(2)15(7-8-17-10-15)13(19)18-16(14(20)21)6-4-5-12(3)9-16/h11-12,17H,4-10H2,1-3H3,(H,18,19)(H,20,21). The Morgan fingerprint density at radius 1 is 1.33 bits per heavy atom. The summed E-state index contributed by atoms with van der Waals surface area (Å²) in [5.41, 5.74) is -1.54. The highest BCUT2D eigenvalue weighted by Crippen LogP contribution is 2.38. The molecule has 21 heavy (non-hydrogen) atoms. The van der Waals surface area contributed by atoms with Crippen LogP contribution in [-0.2, 0) is 9.59 Å². The lowest BCUT2D eigenvalue weighted by atomic mass is 9.72. The maximum atomic E-state index is 12.9. The van der Waals surface area contributed by atoms with Gasteiger partial charge in [0.1, 0.15) is 5.54 Å². The molecule has 0 spiro atoms. The molecule has 1 heterocycles. The summed E-state index contributed by atoms with van der Waals surface area (Å²) in [7, 11) is 0. The summed E-state index contributed by atoms with van der Waals surface area (Å²) in [5, 5.41) is 15.9. The largest absolute Gasteiger partial charge is 0.480 e. The molecule has 2 rings (SSSR count). The first kappa shape index (κ1) is 16.3. The molecule has 1 saturated heterocycles. The highest BCUT2D eigenvalue weighted by Gasteiger charge is 2.50. The molecule has 3 unspecified atom stereocenters. The molecule has 3 atom stereocenters. The molecule has 0 aromatic rings. The number of aliphatic carboxylic acids is 1. The zero-order chi connectivity index (χ0) is 15.7. The summed E-state index contributed by atoms with van der Waals surface area (Å²) >= 11 is 0. The zero-order valence-corrected chi connectivity index (χ0v) is 13.4. The number of carbonyl (C=O) groups is 2. The van der Waals surface area contributed by atoms with Crippen LogP contribution in [0, 0.1) is 17.3 Å². The van der Waals surface area contributed by atoms with Gasteiger partial charge in [0, 0.05) is 6.54 Å².